The molecule has 25 heavy (non-hydrogen) atoms. The van der Waals surface area contributed by atoms with Crippen LogP contribution in [0.25, 0.3) is 5.70 Å². The van der Waals surface area contributed by atoms with Crippen LogP contribution in [0.3, 0.4) is 0 Å². The molecule has 0 spiro atoms. The highest BCUT2D eigenvalue weighted by atomic mass is 32.2. The molecule has 0 fully saturated rings. The maximum absolute atomic E-state index is 12.9. The molecule has 0 unspecified atom stereocenters. The summed E-state index contributed by atoms with van der Waals surface area (Å²) < 4.78 is 10.9. The molecule has 2 aromatic carbocycles. The van der Waals surface area contributed by atoms with E-state index in [9.17, 15) is 4.79 Å². The fraction of sp³-hybridized carbons (Fsp3) is 0.250. The molecule has 1 aliphatic heterocycles. The van der Waals surface area contributed by atoms with Gasteiger partial charge in [-0.25, -0.2) is 9.69 Å². The number of rotatable bonds is 2. The second-order valence-corrected chi connectivity index (χ2v) is 7.54. The predicted octanol–water partition coefficient (Wildman–Crippen LogP) is 5.54. The Morgan fingerprint density at radius 2 is 1.72 bits per heavy atom. The van der Waals surface area contributed by atoms with Crippen molar-refractivity contribution in [1.82, 2.24) is 0 Å². The molecule has 130 valence electrons. The monoisotopic (exact) mass is 355 g/mol. The van der Waals surface area contributed by atoms with E-state index >= 15 is 0 Å². The first kappa shape index (κ1) is 17.4. The van der Waals surface area contributed by atoms with Crippen LogP contribution in [0.2, 0.25) is 0 Å². The predicted molar refractivity (Wildman–Crippen MR) is 102 cm³/mol. The topological polar surface area (TPSA) is 38.8 Å². The van der Waals surface area contributed by atoms with Crippen LogP contribution in [0.5, 0.6) is 5.75 Å². The van der Waals surface area contributed by atoms with E-state index in [0.29, 0.717) is 0 Å². The lowest BCUT2D eigenvalue weighted by molar-refractivity contribution is 0.0600. The fourth-order valence-corrected chi connectivity index (χ4v) is 3.42. The Hall–Kier alpha value is -2.40. The van der Waals surface area contributed by atoms with Gasteiger partial charge in [0.15, 0.2) is 0 Å². The van der Waals surface area contributed by atoms with E-state index in [1.807, 2.05) is 74.7 Å². The first-order valence-corrected chi connectivity index (χ1v) is 8.90. The average molecular weight is 355 g/mol. The van der Waals surface area contributed by atoms with E-state index in [1.54, 1.807) is 23.8 Å². The maximum Gasteiger partial charge on any atom is 0.419 e. The second kappa shape index (κ2) is 6.84. The van der Waals surface area contributed by atoms with E-state index in [1.165, 1.54) is 0 Å². The fourth-order valence-electron chi connectivity index (χ4n) is 2.51. The van der Waals surface area contributed by atoms with Crippen molar-refractivity contribution >= 4 is 29.2 Å². The third-order valence-electron chi connectivity index (χ3n) is 3.61. The van der Waals surface area contributed by atoms with Crippen LogP contribution in [0, 0.1) is 0 Å². The van der Waals surface area contributed by atoms with Crippen LogP contribution >= 0.6 is 11.8 Å². The van der Waals surface area contributed by atoms with E-state index in [0.717, 1.165) is 27.6 Å². The zero-order valence-electron chi connectivity index (χ0n) is 14.8. The number of amides is 1. The summed E-state index contributed by atoms with van der Waals surface area (Å²) in [7, 11) is 1.63. The highest BCUT2D eigenvalue weighted by molar-refractivity contribution is 8.02. The average Bonchev–Trinajstić information content (AvgIpc) is 2.59. The number of anilines is 1. The van der Waals surface area contributed by atoms with Gasteiger partial charge in [-0.05, 0) is 62.7 Å². The minimum atomic E-state index is -0.568. The summed E-state index contributed by atoms with van der Waals surface area (Å²) in [6.07, 6.45) is -0.387. The molecule has 5 heteroatoms. The molecule has 2 aromatic rings. The van der Waals surface area contributed by atoms with Crippen molar-refractivity contribution in [3.63, 3.8) is 0 Å². The number of hydrogen-bond donors (Lipinski definition) is 0. The summed E-state index contributed by atoms with van der Waals surface area (Å²) in [4.78, 5) is 15.6. The molecule has 0 aromatic heterocycles. The third-order valence-corrected chi connectivity index (χ3v) is 4.55. The quantitative estimate of drug-likeness (QED) is 0.709. The molecule has 1 aliphatic rings. The van der Waals surface area contributed by atoms with Gasteiger partial charge in [0.1, 0.15) is 11.4 Å². The largest absolute Gasteiger partial charge is 0.497 e. The van der Waals surface area contributed by atoms with Crippen LogP contribution in [0.15, 0.2) is 58.8 Å². The highest BCUT2D eigenvalue weighted by Crippen LogP contribution is 2.42. The van der Waals surface area contributed by atoms with Crippen molar-refractivity contribution in [2.24, 2.45) is 0 Å². The second-order valence-electron chi connectivity index (χ2n) is 6.63. The van der Waals surface area contributed by atoms with E-state index in [4.69, 9.17) is 9.47 Å². The summed E-state index contributed by atoms with van der Waals surface area (Å²) >= 11 is 1.60. The van der Waals surface area contributed by atoms with Crippen molar-refractivity contribution < 1.29 is 14.3 Å². The molecule has 4 nitrogen and oxygen atoms in total. The van der Waals surface area contributed by atoms with Crippen molar-refractivity contribution in [1.29, 1.82) is 0 Å². The third kappa shape index (κ3) is 3.82. The van der Waals surface area contributed by atoms with Crippen LogP contribution in [-0.2, 0) is 4.74 Å². The van der Waals surface area contributed by atoms with Gasteiger partial charge < -0.3 is 9.47 Å². The normalized spacial score (nSPS) is 13.8. The Morgan fingerprint density at radius 3 is 2.36 bits per heavy atom. The Balaban J connectivity index is 2.03. The molecule has 0 aliphatic carbocycles. The van der Waals surface area contributed by atoms with Gasteiger partial charge >= 0.3 is 6.09 Å². The van der Waals surface area contributed by atoms with Gasteiger partial charge in [0, 0.05) is 10.3 Å². The molecular weight excluding hydrogens is 334 g/mol. The molecule has 0 atom stereocenters. The molecular formula is C20H21NO3S. The van der Waals surface area contributed by atoms with E-state index in [2.05, 4.69) is 0 Å². The Bertz CT molecular complexity index is 806. The van der Waals surface area contributed by atoms with Gasteiger partial charge in [-0.1, -0.05) is 23.9 Å². The number of fused-ring (bicyclic) bond motifs is 1. The molecule has 1 amide bonds. The Kier molecular flexibility index (Phi) is 4.77. The Morgan fingerprint density at radius 1 is 1.04 bits per heavy atom. The summed E-state index contributed by atoms with van der Waals surface area (Å²) in [6, 6.07) is 15.5. The molecule has 0 saturated heterocycles. The zero-order valence-corrected chi connectivity index (χ0v) is 15.6. The summed E-state index contributed by atoms with van der Waals surface area (Å²) in [5.41, 5.74) is 1.98. The number of methoxy groups -OCH3 is 1. The molecule has 0 bridgehead atoms. The lowest BCUT2D eigenvalue weighted by atomic mass is 10.1. The number of hydrogen-bond acceptors (Lipinski definition) is 4. The number of carbonyl (C=O) groups excluding carboxylic acids is 1. The number of para-hydroxylation sites is 1. The van der Waals surface area contributed by atoms with Gasteiger partial charge in [-0.3, -0.25) is 0 Å². The molecule has 1 heterocycles. The van der Waals surface area contributed by atoms with Crippen molar-refractivity contribution in [2.75, 3.05) is 12.0 Å². The van der Waals surface area contributed by atoms with Gasteiger partial charge in [-0.15, -0.1) is 0 Å². The van der Waals surface area contributed by atoms with E-state index in [-0.39, 0.29) is 6.09 Å². The SMILES string of the molecule is COc1ccc(C2=CSc3ccccc3N2C(=O)OC(C)(C)C)cc1. The van der Waals surface area contributed by atoms with Crippen LogP contribution < -0.4 is 9.64 Å². The van der Waals surface area contributed by atoms with Crippen LogP contribution in [-0.4, -0.2) is 18.8 Å². The zero-order chi connectivity index (χ0) is 18.0. The van der Waals surface area contributed by atoms with Gasteiger partial charge in [-0.2, -0.15) is 0 Å². The maximum atomic E-state index is 12.9. The molecule has 0 saturated carbocycles. The number of thioether (sulfide) groups is 1. The number of benzene rings is 2. The van der Waals surface area contributed by atoms with Crippen molar-refractivity contribution in [2.45, 2.75) is 31.3 Å². The minimum absolute atomic E-state index is 0.387. The summed E-state index contributed by atoms with van der Waals surface area (Å²) in [5, 5.41) is 1.98. The van der Waals surface area contributed by atoms with Crippen molar-refractivity contribution in [3.05, 3.63) is 59.5 Å². The number of nitrogens with zero attached hydrogens (tertiary/aromatic N) is 1. The lowest BCUT2D eigenvalue weighted by Crippen LogP contribution is -2.36. The highest BCUT2D eigenvalue weighted by Gasteiger charge is 2.30. The molecule has 0 N–H and O–H groups in total. The van der Waals surface area contributed by atoms with Crippen molar-refractivity contribution in [3.8, 4) is 5.75 Å². The molecule has 3 rings (SSSR count). The van der Waals surface area contributed by atoms with E-state index < -0.39 is 5.60 Å². The molecule has 0 radical (unpaired) electrons. The van der Waals surface area contributed by atoms with Crippen LogP contribution in [0.4, 0.5) is 10.5 Å². The number of carbonyl (C=O) groups is 1. The summed E-state index contributed by atoms with van der Waals surface area (Å²) in [5.74, 6) is 0.775. The lowest BCUT2D eigenvalue weighted by Gasteiger charge is -2.32. The minimum Gasteiger partial charge on any atom is -0.497 e. The smallest absolute Gasteiger partial charge is 0.419 e. The van der Waals surface area contributed by atoms with Gasteiger partial charge in [0.05, 0.1) is 18.5 Å². The van der Waals surface area contributed by atoms with Crippen LogP contribution in [0.1, 0.15) is 26.3 Å². The standard InChI is InChI=1S/C20H21NO3S/c1-20(2,3)24-19(22)21-16-7-5-6-8-18(16)25-13-17(21)14-9-11-15(23-4)12-10-14/h5-13H,1-4H3. The summed E-state index contributed by atoms with van der Waals surface area (Å²) in [6.45, 7) is 5.60. The van der Waals surface area contributed by atoms with Gasteiger partial charge in [0.2, 0.25) is 0 Å². The first-order valence-electron chi connectivity index (χ1n) is 8.02. The van der Waals surface area contributed by atoms with Gasteiger partial charge in [0.25, 0.3) is 0 Å². The first-order chi connectivity index (χ1) is 11.9. The number of ether oxygens (including phenoxy) is 2. The Labute approximate surface area is 152 Å².